The first-order chi connectivity index (χ1) is 7.77. The molecule has 0 atom stereocenters. The molecule has 0 heterocycles. The lowest BCUT2D eigenvalue weighted by molar-refractivity contribution is 0.556. The van der Waals surface area contributed by atoms with Crippen LogP contribution in [0.5, 0.6) is 0 Å². The summed E-state index contributed by atoms with van der Waals surface area (Å²) in [5, 5.41) is 3.44. The van der Waals surface area contributed by atoms with Gasteiger partial charge in [0.2, 0.25) is 0 Å². The Bertz CT molecular complexity index is 170. The highest BCUT2D eigenvalue weighted by atomic mass is 14.8. The molecule has 0 aromatic rings. The van der Waals surface area contributed by atoms with Crippen molar-refractivity contribution in [2.24, 2.45) is 5.92 Å². The Labute approximate surface area is 102 Å². The van der Waals surface area contributed by atoms with Crippen LogP contribution in [0.4, 0.5) is 0 Å². The van der Waals surface area contributed by atoms with E-state index < -0.39 is 0 Å². The molecule has 1 heteroatoms. The van der Waals surface area contributed by atoms with Crippen molar-refractivity contribution in [1.82, 2.24) is 5.32 Å². The van der Waals surface area contributed by atoms with Crippen LogP contribution in [0.1, 0.15) is 52.4 Å². The van der Waals surface area contributed by atoms with Crippen LogP contribution in [0.3, 0.4) is 0 Å². The van der Waals surface area contributed by atoms with Crippen molar-refractivity contribution >= 4 is 0 Å². The summed E-state index contributed by atoms with van der Waals surface area (Å²) in [7, 11) is 0. The molecule has 0 aromatic carbocycles. The molecule has 0 unspecified atom stereocenters. The lowest BCUT2D eigenvalue weighted by Gasteiger charge is -2.04. The van der Waals surface area contributed by atoms with Crippen molar-refractivity contribution in [1.29, 1.82) is 0 Å². The lowest BCUT2D eigenvalue weighted by atomic mass is 10.1. The highest BCUT2D eigenvalue weighted by Crippen LogP contribution is 2.03. The van der Waals surface area contributed by atoms with Crippen LogP contribution in [0, 0.1) is 5.92 Å². The molecule has 0 aliphatic rings. The van der Waals surface area contributed by atoms with Crippen molar-refractivity contribution in [2.75, 3.05) is 13.1 Å². The van der Waals surface area contributed by atoms with Crippen molar-refractivity contribution in [2.45, 2.75) is 52.4 Å². The van der Waals surface area contributed by atoms with Crippen molar-refractivity contribution < 1.29 is 0 Å². The topological polar surface area (TPSA) is 12.0 Å². The van der Waals surface area contributed by atoms with E-state index in [9.17, 15) is 0 Å². The van der Waals surface area contributed by atoms with Gasteiger partial charge in [-0.25, -0.2) is 0 Å². The maximum atomic E-state index is 3.73. The van der Waals surface area contributed by atoms with Crippen LogP contribution in [0.15, 0.2) is 24.8 Å². The number of rotatable bonds is 11. The minimum absolute atomic E-state index is 0.758. The molecule has 0 bridgehead atoms. The first-order valence-electron chi connectivity index (χ1n) is 6.74. The summed E-state index contributed by atoms with van der Waals surface area (Å²) in [6.07, 6.45) is 14.2. The molecule has 0 rings (SSSR count). The summed E-state index contributed by atoms with van der Waals surface area (Å²) in [6.45, 7) is 10.5. The van der Waals surface area contributed by atoms with Gasteiger partial charge in [0.25, 0.3) is 0 Å². The molecule has 0 spiro atoms. The van der Waals surface area contributed by atoms with Crippen molar-refractivity contribution in [3.63, 3.8) is 0 Å². The Kier molecular flexibility index (Phi) is 12.1. The zero-order valence-corrected chi connectivity index (χ0v) is 11.2. The number of hydrogen-bond donors (Lipinski definition) is 1. The first-order valence-corrected chi connectivity index (χ1v) is 6.74. The summed E-state index contributed by atoms with van der Waals surface area (Å²) < 4.78 is 0. The SMILES string of the molecule is C=CCCCCC/C=C/CCNCC(C)C. The van der Waals surface area contributed by atoms with Gasteiger partial charge in [-0.2, -0.15) is 0 Å². The molecule has 0 amide bonds. The maximum absolute atomic E-state index is 3.73. The van der Waals surface area contributed by atoms with E-state index in [1.807, 2.05) is 6.08 Å². The molecule has 1 N–H and O–H groups in total. The van der Waals surface area contributed by atoms with E-state index in [0.29, 0.717) is 0 Å². The average molecular weight is 223 g/mol. The average Bonchev–Trinajstić information content (AvgIpc) is 2.25. The van der Waals surface area contributed by atoms with Gasteiger partial charge in [0.1, 0.15) is 0 Å². The predicted molar refractivity (Wildman–Crippen MR) is 74.7 cm³/mol. The molecular weight excluding hydrogens is 194 g/mol. The van der Waals surface area contributed by atoms with Gasteiger partial charge >= 0.3 is 0 Å². The second-order valence-electron chi connectivity index (χ2n) is 4.78. The summed E-state index contributed by atoms with van der Waals surface area (Å²) in [5.74, 6) is 0.758. The summed E-state index contributed by atoms with van der Waals surface area (Å²) in [6, 6.07) is 0. The Morgan fingerprint density at radius 3 is 2.38 bits per heavy atom. The van der Waals surface area contributed by atoms with Gasteiger partial charge in [-0.1, -0.05) is 38.5 Å². The molecule has 0 fully saturated rings. The third-order valence-electron chi connectivity index (χ3n) is 2.49. The van der Waals surface area contributed by atoms with Gasteiger partial charge in [-0.3, -0.25) is 0 Å². The zero-order chi connectivity index (χ0) is 12.1. The number of nitrogens with one attached hydrogen (secondary N) is 1. The highest BCUT2D eigenvalue weighted by Gasteiger charge is 1.90. The molecule has 0 aliphatic heterocycles. The molecule has 0 saturated carbocycles. The largest absolute Gasteiger partial charge is 0.316 e. The smallest absolute Gasteiger partial charge is 0.00142 e. The van der Waals surface area contributed by atoms with Crippen LogP contribution >= 0.6 is 0 Å². The minimum Gasteiger partial charge on any atom is -0.316 e. The Hall–Kier alpha value is -0.560. The number of allylic oxidation sites excluding steroid dienone is 2. The fourth-order valence-corrected chi connectivity index (χ4v) is 1.54. The summed E-state index contributed by atoms with van der Waals surface area (Å²) in [5.41, 5.74) is 0. The van der Waals surface area contributed by atoms with Gasteiger partial charge in [0, 0.05) is 0 Å². The van der Waals surface area contributed by atoms with E-state index in [2.05, 4.69) is 37.9 Å². The van der Waals surface area contributed by atoms with Gasteiger partial charge in [0.15, 0.2) is 0 Å². The molecule has 94 valence electrons. The predicted octanol–water partition coefficient (Wildman–Crippen LogP) is 4.31. The maximum Gasteiger partial charge on any atom is -0.00142 e. The first kappa shape index (κ1) is 15.4. The monoisotopic (exact) mass is 223 g/mol. The summed E-state index contributed by atoms with van der Waals surface area (Å²) >= 11 is 0. The standard InChI is InChI=1S/C15H29N/c1-4-5-6-7-8-9-10-11-12-13-16-14-15(2)3/h4,10-11,15-16H,1,5-9,12-14H2,2-3H3/b11-10+. The van der Waals surface area contributed by atoms with Crippen LogP contribution in [0.25, 0.3) is 0 Å². The molecule has 0 saturated heterocycles. The molecule has 1 nitrogen and oxygen atoms in total. The third-order valence-corrected chi connectivity index (χ3v) is 2.49. The second kappa shape index (κ2) is 12.5. The van der Waals surface area contributed by atoms with E-state index in [1.54, 1.807) is 0 Å². The Morgan fingerprint density at radius 1 is 1.00 bits per heavy atom. The minimum atomic E-state index is 0.758. The second-order valence-corrected chi connectivity index (χ2v) is 4.78. The fraction of sp³-hybridized carbons (Fsp3) is 0.733. The van der Waals surface area contributed by atoms with E-state index in [4.69, 9.17) is 0 Å². The van der Waals surface area contributed by atoms with Crippen LogP contribution < -0.4 is 5.32 Å². The van der Waals surface area contributed by atoms with E-state index in [0.717, 1.165) is 19.0 Å². The van der Waals surface area contributed by atoms with Gasteiger partial charge in [-0.05, 0) is 51.1 Å². The molecule has 16 heavy (non-hydrogen) atoms. The van der Waals surface area contributed by atoms with Gasteiger partial charge in [-0.15, -0.1) is 6.58 Å². The Balaban J connectivity index is 3.07. The zero-order valence-electron chi connectivity index (χ0n) is 11.2. The van der Waals surface area contributed by atoms with Crippen molar-refractivity contribution in [3.05, 3.63) is 24.8 Å². The molecule has 0 aliphatic carbocycles. The molecule has 0 radical (unpaired) electrons. The van der Waals surface area contributed by atoms with Gasteiger partial charge < -0.3 is 5.32 Å². The highest BCUT2D eigenvalue weighted by molar-refractivity contribution is 4.82. The normalized spacial score (nSPS) is 11.4. The van der Waals surface area contributed by atoms with Gasteiger partial charge in [0.05, 0.1) is 0 Å². The summed E-state index contributed by atoms with van der Waals surface area (Å²) in [4.78, 5) is 0. The number of hydrogen-bond acceptors (Lipinski definition) is 1. The third kappa shape index (κ3) is 13.4. The lowest BCUT2D eigenvalue weighted by Crippen LogP contribution is -2.20. The van der Waals surface area contributed by atoms with E-state index >= 15 is 0 Å². The van der Waals surface area contributed by atoms with E-state index in [-0.39, 0.29) is 0 Å². The van der Waals surface area contributed by atoms with Crippen LogP contribution in [-0.4, -0.2) is 13.1 Å². The number of unbranched alkanes of at least 4 members (excludes halogenated alkanes) is 4. The van der Waals surface area contributed by atoms with E-state index in [1.165, 1.54) is 38.5 Å². The molecule has 0 aromatic heterocycles. The molecular formula is C15H29N. The fourth-order valence-electron chi connectivity index (χ4n) is 1.54. The van der Waals surface area contributed by atoms with Crippen molar-refractivity contribution in [3.8, 4) is 0 Å². The van der Waals surface area contributed by atoms with Crippen LogP contribution in [-0.2, 0) is 0 Å². The quantitative estimate of drug-likeness (QED) is 0.406. The Morgan fingerprint density at radius 2 is 1.69 bits per heavy atom. The van der Waals surface area contributed by atoms with Crippen LogP contribution in [0.2, 0.25) is 0 Å².